The summed E-state index contributed by atoms with van der Waals surface area (Å²) >= 11 is 0. The van der Waals surface area contributed by atoms with Crippen LogP contribution in [0.25, 0.3) is 0 Å². The van der Waals surface area contributed by atoms with Crippen LogP contribution in [-0.4, -0.2) is 36.1 Å². The van der Waals surface area contributed by atoms with Gasteiger partial charge in [-0.25, -0.2) is 0 Å². The summed E-state index contributed by atoms with van der Waals surface area (Å²) in [6.45, 7) is -0.212. The molecule has 2 rings (SSSR count). The lowest BCUT2D eigenvalue weighted by molar-refractivity contribution is -0.0230. The zero-order chi connectivity index (χ0) is 13.1. The Balaban J connectivity index is 2.27. The van der Waals surface area contributed by atoms with Gasteiger partial charge in [-0.05, 0) is 12.1 Å². The van der Waals surface area contributed by atoms with Gasteiger partial charge >= 0.3 is 0 Å². The molecule has 2 N–H and O–H groups in total. The van der Waals surface area contributed by atoms with Crippen LogP contribution in [0.15, 0.2) is 18.2 Å². The van der Waals surface area contributed by atoms with Crippen molar-refractivity contribution in [3.05, 3.63) is 29.3 Å². The molecule has 5 nitrogen and oxygen atoms in total. The lowest BCUT2D eigenvalue weighted by Gasteiger charge is -2.15. The van der Waals surface area contributed by atoms with Crippen molar-refractivity contribution in [2.75, 3.05) is 13.7 Å². The second-order valence-corrected chi connectivity index (χ2v) is 4.22. The summed E-state index contributed by atoms with van der Waals surface area (Å²) in [6, 6.07) is 7.11. The van der Waals surface area contributed by atoms with E-state index in [-0.39, 0.29) is 12.7 Å². The van der Waals surface area contributed by atoms with E-state index in [1.807, 2.05) is 6.07 Å². The first-order chi connectivity index (χ1) is 8.69. The molecule has 0 spiro atoms. The van der Waals surface area contributed by atoms with E-state index >= 15 is 0 Å². The summed E-state index contributed by atoms with van der Waals surface area (Å²) in [6.07, 6.45) is -1.15. The highest BCUT2D eigenvalue weighted by Gasteiger charge is 2.35. The predicted molar refractivity (Wildman–Crippen MR) is 63.0 cm³/mol. The molecular formula is C13H15NO4. The summed E-state index contributed by atoms with van der Waals surface area (Å²) < 4.78 is 10.8. The monoisotopic (exact) mass is 249 g/mol. The molecule has 18 heavy (non-hydrogen) atoms. The van der Waals surface area contributed by atoms with Gasteiger partial charge in [-0.2, -0.15) is 5.26 Å². The summed E-state index contributed by atoms with van der Waals surface area (Å²) in [7, 11) is 1.52. The van der Waals surface area contributed by atoms with Crippen molar-refractivity contribution in [2.45, 2.75) is 24.7 Å². The van der Waals surface area contributed by atoms with Gasteiger partial charge in [0.2, 0.25) is 0 Å². The summed E-state index contributed by atoms with van der Waals surface area (Å²) in [5, 5.41) is 27.6. The van der Waals surface area contributed by atoms with Crippen LogP contribution in [-0.2, 0) is 4.74 Å². The van der Waals surface area contributed by atoms with Crippen molar-refractivity contribution in [3.8, 4) is 11.8 Å². The highest BCUT2D eigenvalue weighted by atomic mass is 16.5. The summed E-state index contributed by atoms with van der Waals surface area (Å²) in [5.41, 5.74) is 1.29. The fraction of sp³-hybridized carbons (Fsp3) is 0.462. The number of methoxy groups -OCH3 is 1. The number of ether oxygens (including phenoxy) is 2. The third-order valence-corrected chi connectivity index (χ3v) is 3.11. The van der Waals surface area contributed by atoms with E-state index in [1.165, 1.54) is 7.11 Å². The Morgan fingerprint density at radius 3 is 2.89 bits per heavy atom. The second kappa shape index (κ2) is 5.36. The first-order valence-corrected chi connectivity index (χ1v) is 5.72. The summed E-state index contributed by atoms with van der Waals surface area (Å²) in [5.74, 6) is 0.560. The minimum Gasteiger partial charge on any atom is -0.496 e. The lowest BCUT2D eigenvalue weighted by atomic mass is 10.0. The van der Waals surface area contributed by atoms with E-state index in [1.54, 1.807) is 18.2 Å². The number of aliphatic hydroxyl groups is 2. The molecule has 1 saturated heterocycles. The Hall–Kier alpha value is -1.61. The third-order valence-electron chi connectivity index (χ3n) is 3.11. The van der Waals surface area contributed by atoms with E-state index in [4.69, 9.17) is 19.8 Å². The molecule has 1 aromatic carbocycles. The first kappa shape index (κ1) is 12.8. The Morgan fingerprint density at radius 1 is 1.56 bits per heavy atom. The summed E-state index contributed by atoms with van der Waals surface area (Å²) in [4.78, 5) is 0. The van der Waals surface area contributed by atoms with Gasteiger partial charge in [0.15, 0.2) is 0 Å². The molecule has 96 valence electrons. The van der Waals surface area contributed by atoms with E-state index in [0.29, 0.717) is 17.7 Å². The van der Waals surface area contributed by atoms with Gasteiger partial charge in [-0.15, -0.1) is 0 Å². The van der Waals surface area contributed by atoms with Gasteiger partial charge in [-0.1, -0.05) is 6.07 Å². The molecule has 1 fully saturated rings. The number of hydrogen-bond acceptors (Lipinski definition) is 5. The van der Waals surface area contributed by atoms with Crippen molar-refractivity contribution >= 4 is 0 Å². The predicted octanol–water partition coefficient (Wildman–Crippen LogP) is 0.750. The zero-order valence-corrected chi connectivity index (χ0v) is 10.0. The molecule has 0 unspecified atom stereocenters. The van der Waals surface area contributed by atoms with Crippen LogP contribution in [0, 0.1) is 11.3 Å². The maximum atomic E-state index is 9.71. The van der Waals surface area contributed by atoms with Gasteiger partial charge in [-0.3, -0.25) is 0 Å². The van der Waals surface area contributed by atoms with Crippen LogP contribution in [0.2, 0.25) is 0 Å². The highest BCUT2D eigenvalue weighted by Crippen LogP contribution is 2.37. The molecule has 3 atom stereocenters. The molecule has 5 heteroatoms. The van der Waals surface area contributed by atoms with Crippen LogP contribution in [0.4, 0.5) is 0 Å². The minimum atomic E-state index is -0.680. The van der Waals surface area contributed by atoms with Crippen molar-refractivity contribution in [3.63, 3.8) is 0 Å². The smallest absolute Gasteiger partial charge is 0.125 e. The van der Waals surface area contributed by atoms with Crippen molar-refractivity contribution < 1.29 is 19.7 Å². The number of rotatable bonds is 3. The highest BCUT2D eigenvalue weighted by molar-refractivity contribution is 5.43. The van der Waals surface area contributed by atoms with Gasteiger partial charge in [0.25, 0.3) is 0 Å². The van der Waals surface area contributed by atoms with Crippen LogP contribution >= 0.6 is 0 Å². The topological polar surface area (TPSA) is 82.7 Å². The molecule has 1 aliphatic rings. The molecule has 0 aromatic heterocycles. The Kier molecular flexibility index (Phi) is 3.82. The normalized spacial score (nSPS) is 26.9. The van der Waals surface area contributed by atoms with Gasteiger partial charge < -0.3 is 19.7 Å². The minimum absolute atomic E-state index is 0.212. The second-order valence-electron chi connectivity index (χ2n) is 4.22. The van der Waals surface area contributed by atoms with E-state index < -0.39 is 12.2 Å². The lowest BCUT2D eigenvalue weighted by Crippen LogP contribution is -2.24. The van der Waals surface area contributed by atoms with Crippen molar-refractivity contribution in [1.29, 1.82) is 5.26 Å². The fourth-order valence-electron chi connectivity index (χ4n) is 2.14. The number of benzene rings is 1. The molecule has 0 bridgehead atoms. The molecule has 0 amide bonds. The molecule has 0 radical (unpaired) electrons. The molecule has 1 heterocycles. The molecular weight excluding hydrogens is 234 g/mol. The average molecular weight is 249 g/mol. The van der Waals surface area contributed by atoms with Crippen molar-refractivity contribution in [1.82, 2.24) is 0 Å². The quantitative estimate of drug-likeness (QED) is 0.826. The molecule has 0 saturated carbocycles. The van der Waals surface area contributed by atoms with Crippen molar-refractivity contribution in [2.24, 2.45) is 0 Å². The van der Waals surface area contributed by atoms with Gasteiger partial charge in [0.05, 0.1) is 37.6 Å². The maximum Gasteiger partial charge on any atom is 0.125 e. The van der Waals surface area contributed by atoms with Gasteiger partial charge in [0.1, 0.15) is 11.9 Å². The SMILES string of the molecule is COc1cc(C#N)ccc1[C@H]1C[C@@H](O)[C@@H](CO)O1. The van der Waals surface area contributed by atoms with E-state index in [2.05, 4.69) is 0 Å². The molecule has 0 aliphatic carbocycles. The number of aliphatic hydroxyl groups excluding tert-OH is 2. The number of hydrogen-bond donors (Lipinski definition) is 2. The van der Waals surface area contributed by atoms with Crippen LogP contribution in [0.3, 0.4) is 0 Å². The number of nitrogens with zero attached hydrogens (tertiary/aromatic N) is 1. The average Bonchev–Trinajstić information content (AvgIpc) is 2.79. The standard InChI is InChI=1S/C13H15NO4/c1-17-11-4-8(6-14)2-3-9(11)12-5-10(16)13(7-15)18-12/h2-4,10,12-13,15-16H,5,7H2,1H3/t10-,12-,13-/m1/s1. The Labute approximate surface area is 105 Å². The fourth-order valence-corrected chi connectivity index (χ4v) is 2.14. The van der Waals surface area contributed by atoms with E-state index in [0.717, 1.165) is 5.56 Å². The Morgan fingerprint density at radius 2 is 2.33 bits per heavy atom. The number of nitriles is 1. The van der Waals surface area contributed by atoms with Crippen LogP contribution in [0.5, 0.6) is 5.75 Å². The van der Waals surface area contributed by atoms with Gasteiger partial charge in [0, 0.05) is 12.0 Å². The molecule has 1 aromatic rings. The van der Waals surface area contributed by atoms with Crippen LogP contribution < -0.4 is 4.74 Å². The van der Waals surface area contributed by atoms with E-state index in [9.17, 15) is 5.11 Å². The maximum absolute atomic E-state index is 9.71. The van der Waals surface area contributed by atoms with Crippen LogP contribution in [0.1, 0.15) is 23.7 Å². The largest absolute Gasteiger partial charge is 0.496 e. The third kappa shape index (κ3) is 2.31. The Bertz CT molecular complexity index is 469. The zero-order valence-electron chi connectivity index (χ0n) is 10.0. The molecule has 1 aliphatic heterocycles. The first-order valence-electron chi connectivity index (χ1n) is 5.72.